The largest absolute Gasteiger partial charge is 0.495 e. The molecule has 33 heavy (non-hydrogen) atoms. The van der Waals surface area contributed by atoms with Gasteiger partial charge >= 0.3 is 0 Å². The zero-order valence-corrected chi connectivity index (χ0v) is 19.5. The van der Waals surface area contributed by atoms with Gasteiger partial charge < -0.3 is 14.1 Å². The van der Waals surface area contributed by atoms with E-state index in [1.54, 1.807) is 36.6 Å². The summed E-state index contributed by atoms with van der Waals surface area (Å²) >= 11 is 0. The molecule has 3 aromatic rings. The zero-order valence-electron chi connectivity index (χ0n) is 18.7. The number of halogens is 1. The van der Waals surface area contributed by atoms with Crippen LogP contribution in [0.25, 0.3) is 0 Å². The van der Waals surface area contributed by atoms with Crippen molar-refractivity contribution in [2.24, 2.45) is 0 Å². The number of nitrogens with zero attached hydrogens (tertiary/aromatic N) is 2. The van der Waals surface area contributed by atoms with Gasteiger partial charge in [-0.25, -0.2) is 17.5 Å². The van der Waals surface area contributed by atoms with Gasteiger partial charge in [0.15, 0.2) is 0 Å². The Morgan fingerprint density at radius 2 is 1.82 bits per heavy atom. The van der Waals surface area contributed by atoms with E-state index in [-0.39, 0.29) is 23.3 Å². The molecule has 4 rings (SSSR count). The monoisotopic (exact) mass is 473 g/mol. The van der Waals surface area contributed by atoms with Gasteiger partial charge in [-0.15, -0.1) is 0 Å². The molecule has 2 heterocycles. The second-order valence-corrected chi connectivity index (χ2v) is 9.77. The lowest BCUT2D eigenvalue weighted by Gasteiger charge is -2.39. The van der Waals surface area contributed by atoms with E-state index in [0.29, 0.717) is 24.6 Å². The van der Waals surface area contributed by atoms with Crippen molar-refractivity contribution in [2.75, 3.05) is 44.7 Å². The highest BCUT2D eigenvalue weighted by Crippen LogP contribution is 2.27. The maximum Gasteiger partial charge on any atom is 0.244 e. The van der Waals surface area contributed by atoms with Crippen LogP contribution >= 0.6 is 0 Å². The first kappa shape index (κ1) is 23.3. The van der Waals surface area contributed by atoms with Crippen LogP contribution in [-0.4, -0.2) is 53.2 Å². The molecule has 1 aliphatic heterocycles. The number of rotatable bonds is 8. The number of ether oxygens (including phenoxy) is 1. The molecule has 0 aliphatic carbocycles. The van der Waals surface area contributed by atoms with Gasteiger partial charge in [0.25, 0.3) is 0 Å². The molecule has 0 amide bonds. The molecule has 0 spiro atoms. The summed E-state index contributed by atoms with van der Waals surface area (Å²) in [5, 5.41) is 0. The van der Waals surface area contributed by atoms with E-state index in [2.05, 4.69) is 14.5 Å². The van der Waals surface area contributed by atoms with Crippen LogP contribution in [0.3, 0.4) is 0 Å². The highest BCUT2D eigenvalue weighted by Gasteiger charge is 2.29. The molecule has 0 saturated carbocycles. The van der Waals surface area contributed by atoms with Crippen molar-refractivity contribution >= 4 is 15.7 Å². The molecule has 1 saturated heterocycles. The third-order valence-electron chi connectivity index (χ3n) is 5.89. The summed E-state index contributed by atoms with van der Waals surface area (Å²) in [5.74, 6) is 0.743. The molecule has 1 aromatic heterocycles. The van der Waals surface area contributed by atoms with E-state index in [4.69, 9.17) is 9.15 Å². The Morgan fingerprint density at radius 1 is 1.09 bits per heavy atom. The number of benzene rings is 2. The fourth-order valence-corrected chi connectivity index (χ4v) is 5.38. The minimum atomic E-state index is -3.80. The standard InChI is InChI=1S/C24H28FN3O4S/c1-18-5-10-23(31-2)24(16-18)33(29,30)26-17-21(22-4-3-15-32-22)28-13-11-27(12-14-28)20-8-6-19(25)7-9-20/h3-10,15-16,21,26H,11-14,17H2,1-2H3. The predicted molar refractivity (Wildman–Crippen MR) is 125 cm³/mol. The molecule has 1 N–H and O–H groups in total. The van der Waals surface area contributed by atoms with Crippen molar-refractivity contribution in [3.63, 3.8) is 0 Å². The van der Waals surface area contributed by atoms with Gasteiger partial charge in [0, 0.05) is 38.4 Å². The van der Waals surface area contributed by atoms with Gasteiger partial charge in [0.2, 0.25) is 10.0 Å². The summed E-state index contributed by atoms with van der Waals surface area (Å²) in [4.78, 5) is 4.51. The van der Waals surface area contributed by atoms with Gasteiger partial charge in [-0.2, -0.15) is 0 Å². The summed E-state index contributed by atoms with van der Waals surface area (Å²) in [7, 11) is -2.34. The number of methoxy groups -OCH3 is 1. The lowest BCUT2D eigenvalue weighted by Crippen LogP contribution is -2.49. The summed E-state index contributed by atoms with van der Waals surface area (Å²) in [5.41, 5.74) is 1.80. The van der Waals surface area contributed by atoms with Gasteiger partial charge in [-0.1, -0.05) is 6.07 Å². The van der Waals surface area contributed by atoms with Gasteiger partial charge in [-0.3, -0.25) is 4.90 Å². The normalized spacial score (nSPS) is 16.0. The first-order chi connectivity index (χ1) is 15.9. The Morgan fingerprint density at radius 3 is 2.45 bits per heavy atom. The Hall–Kier alpha value is -2.88. The average Bonchev–Trinajstić information content (AvgIpc) is 3.35. The number of piperazine rings is 1. The first-order valence-electron chi connectivity index (χ1n) is 10.8. The number of hydrogen-bond donors (Lipinski definition) is 1. The average molecular weight is 474 g/mol. The number of anilines is 1. The van der Waals surface area contributed by atoms with Crippen molar-refractivity contribution in [3.05, 3.63) is 78.0 Å². The number of hydrogen-bond acceptors (Lipinski definition) is 6. The third-order valence-corrected chi connectivity index (χ3v) is 7.34. The number of nitrogens with one attached hydrogen (secondary N) is 1. The van der Waals surface area contributed by atoms with Crippen molar-refractivity contribution in [2.45, 2.75) is 17.9 Å². The minimum Gasteiger partial charge on any atom is -0.495 e. The molecule has 9 heteroatoms. The summed E-state index contributed by atoms with van der Waals surface area (Å²) < 4.78 is 53.1. The Balaban J connectivity index is 1.48. The van der Waals surface area contributed by atoms with Crippen LogP contribution in [0.5, 0.6) is 5.75 Å². The quantitative estimate of drug-likeness (QED) is 0.539. The van der Waals surface area contributed by atoms with Gasteiger partial charge in [-0.05, 0) is 61.0 Å². The fraction of sp³-hybridized carbons (Fsp3) is 0.333. The Labute approximate surface area is 193 Å². The van der Waals surface area contributed by atoms with E-state index in [0.717, 1.165) is 24.3 Å². The second kappa shape index (κ2) is 9.94. The molecule has 7 nitrogen and oxygen atoms in total. The fourth-order valence-electron chi connectivity index (χ4n) is 4.09. The molecule has 176 valence electrons. The summed E-state index contributed by atoms with van der Waals surface area (Å²) in [6.45, 7) is 4.88. The van der Waals surface area contributed by atoms with Gasteiger partial charge in [0.05, 0.1) is 19.4 Å². The SMILES string of the molecule is COc1ccc(C)cc1S(=O)(=O)NCC(c1ccco1)N1CCN(c2ccc(F)cc2)CC1. The van der Waals surface area contributed by atoms with Crippen LogP contribution in [0.4, 0.5) is 10.1 Å². The Bertz CT molecular complexity index is 1160. The highest BCUT2D eigenvalue weighted by atomic mass is 32.2. The van der Waals surface area contributed by atoms with Crippen LogP contribution in [0.2, 0.25) is 0 Å². The van der Waals surface area contributed by atoms with E-state index < -0.39 is 10.0 Å². The lowest BCUT2D eigenvalue weighted by atomic mass is 10.1. The number of aryl methyl sites for hydroxylation is 1. The van der Waals surface area contributed by atoms with Gasteiger partial charge in [0.1, 0.15) is 22.2 Å². The lowest BCUT2D eigenvalue weighted by molar-refractivity contribution is 0.166. The zero-order chi connectivity index (χ0) is 23.4. The maximum absolute atomic E-state index is 13.3. The molecule has 0 radical (unpaired) electrons. The highest BCUT2D eigenvalue weighted by molar-refractivity contribution is 7.89. The minimum absolute atomic E-state index is 0.115. The molecule has 1 aliphatic rings. The van der Waals surface area contributed by atoms with Crippen LogP contribution in [0, 0.1) is 12.7 Å². The topological polar surface area (TPSA) is 75.0 Å². The molecule has 0 bridgehead atoms. The molecular formula is C24H28FN3O4S. The Kier molecular flexibility index (Phi) is 7.02. The van der Waals surface area contributed by atoms with E-state index in [9.17, 15) is 12.8 Å². The van der Waals surface area contributed by atoms with Crippen LogP contribution in [0.1, 0.15) is 17.4 Å². The van der Waals surface area contributed by atoms with E-state index in [1.807, 2.05) is 19.1 Å². The molecular weight excluding hydrogens is 445 g/mol. The van der Waals surface area contributed by atoms with Crippen LogP contribution in [0.15, 0.2) is 70.2 Å². The smallest absolute Gasteiger partial charge is 0.244 e. The predicted octanol–water partition coefficient (Wildman–Crippen LogP) is 3.58. The van der Waals surface area contributed by atoms with Crippen molar-refractivity contribution in [3.8, 4) is 5.75 Å². The summed E-state index contributed by atoms with van der Waals surface area (Å²) in [6.07, 6.45) is 1.59. The first-order valence-corrected chi connectivity index (χ1v) is 12.3. The molecule has 1 atom stereocenters. The number of furan rings is 1. The summed E-state index contributed by atoms with van der Waals surface area (Å²) in [6, 6.07) is 14.9. The second-order valence-electron chi connectivity index (χ2n) is 8.04. The van der Waals surface area contributed by atoms with Crippen molar-refractivity contribution < 1.29 is 22.0 Å². The molecule has 1 unspecified atom stereocenters. The molecule has 1 fully saturated rings. The van der Waals surface area contributed by atoms with E-state index in [1.165, 1.54) is 19.2 Å². The number of sulfonamides is 1. The van der Waals surface area contributed by atoms with E-state index >= 15 is 0 Å². The van der Waals surface area contributed by atoms with Crippen molar-refractivity contribution in [1.29, 1.82) is 0 Å². The third kappa shape index (κ3) is 5.38. The van der Waals surface area contributed by atoms with Crippen LogP contribution < -0.4 is 14.4 Å². The molecule has 2 aromatic carbocycles. The maximum atomic E-state index is 13.3. The van der Waals surface area contributed by atoms with Crippen molar-refractivity contribution in [1.82, 2.24) is 9.62 Å². The van der Waals surface area contributed by atoms with Crippen LogP contribution in [-0.2, 0) is 10.0 Å².